The molecule has 0 aromatic rings. The van der Waals surface area contributed by atoms with E-state index in [1.165, 1.54) is 6.08 Å². The highest BCUT2D eigenvalue weighted by Crippen LogP contribution is 2.36. The molecule has 0 bridgehead atoms. The first kappa shape index (κ1) is 18.3. The molecule has 0 amide bonds. The van der Waals surface area contributed by atoms with Gasteiger partial charge in [0, 0.05) is 6.08 Å². The molecule has 0 aliphatic rings. The highest BCUT2D eigenvalue weighted by Gasteiger charge is 2.37. The monoisotopic (exact) mass is 288 g/mol. The molecular weight excluding hydrogens is 260 g/mol. The minimum absolute atomic E-state index is 0.132. The average molecular weight is 288 g/mol. The van der Waals surface area contributed by atoms with Gasteiger partial charge in [-0.25, -0.2) is 4.79 Å². The standard InChI is InChI=1S/C14H28O4Si/c1-7-17-13(16)10-8-9-12(15)11-18-19(5,6)14(2,3)4/h8,10,12,15H,7,9,11H2,1-6H3/b10-8+/t12-/m0/s1. The van der Waals surface area contributed by atoms with Gasteiger partial charge in [-0.15, -0.1) is 0 Å². The number of hydrogen-bond donors (Lipinski definition) is 1. The smallest absolute Gasteiger partial charge is 0.330 e. The zero-order valence-electron chi connectivity index (χ0n) is 13.0. The van der Waals surface area contributed by atoms with Gasteiger partial charge in [-0.2, -0.15) is 0 Å². The molecule has 4 nitrogen and oxygen atoms in total. The molecule has 0 aromatic carbocycles. The Balaban J connectivity index is 4.07. The fourth-order valence-corrected chi connectivity index (χ4v) is 2.14. The molecule has 0 unspecified atom stereocenters. The van der Waals surface area contributed by atoms with Crippen LogP contribution in [0, 0.1) is 0 Å². The van der Waals surface area contributed by atoms with Crippen LogP contribution in [0.3, 0.4) is 0 Å². The van der Waals surface area contributed by atoms with Crippen molar-refractivity contribution in [1.82, 2.24) is 0 Å². The zero-order valence-corrected chi connectivity index (χ0v) is 14.0. The van der Waals surface area contributed by atoms with Crippen LogP contribution < -0.4 is 0 Å². The summed E-state index contributed by atoms with van der Waals surface area (Å²) < 4.78 is 10.7. The van der Waals surface area contributed by atoms with Crippen molar-refractivity contribution >= 4 is 14.3 Å². The van der Waals surface area contributed by atoms with E-state index in [-0.39, 0.29) is 11.0 Å². The lowest BCUT2D eigenvalue weighted by Crippen LogP contribution is -2.42. The van der Waals surface area contributed by atoms with Crippen LogP contribution >= 0.6 is 0 Å². The molecule has 1 N–H and O–H groups in total. The summed E-state index contributed by atoms with van der Waals surface area (Å²) in [6.45, 7) is 13.2. The van der Waals surface area contributed by atoms with Crippen molar-refractivity contribution in [3.63, 3.8) is 0 Å². The Morgan fingerprint density at radius 3 is 2.42 bits per heavy atom. The lowest BCUT2D eigenvalue weighted by Gasteiger charge is -2.36. The molecule has 5 heteroatoms. The maximum Gasteiger partial charge on any atom is 0.330 e. The largest absolute Gasteiger partial charge is 0.463 e. The fraction of sp³-hybridized carbons (Fsp3) is 0.786. The van der Waals surface area contributed by atoms with Crippen LogP contribution in [-0.2, 0) is 14.0 Å². The molecule has 0 aromatic heterocycles. The van der Waals surface area contributed by atoms with Gasteiger partial charge in [0.25, 0.3) is 0 Å². The first-order valence-electron chi connectivity index (χ1n) is 6.75. The second kappa shape index (κ2) is 7.82. The Kier molecular flexibility index (Phi) is 7.55. The normalized spacial score (nSPS) is 14.7. The van der Waals surface area contributed by atoms with E-state index in [0.29, 0.717) is 19.6 Å². The van der Waals surface area contributed by atoms with Crippen molar-refractivity contribution in [3.05, 3.63) is 12.2 Å². The third kappa shape index (κ3) is 7.50. The van der Waals surface area contributed by atoms with Gasteiger partial charge in [-0.1, -0.05) is 26.8 Å². The van der Waals surface area contributed by atoms with Gasteiger partial charge < -0.3 is 14.3 Å². The number of aliphatic hydroxyl groups excluding tert-OH is 1. The minimum Gasteiger partial charge on any atom is -0.463 e. The third-order valence-electron chi connectivity index (χ3n) is 3.39. The molecule has 0 rings (SSSR count). The molecule has 0 saturated carbocycles. The van der Waals surface area contributed by atoms with E-state index in [1.54, 1.807) is 13.0 Å². The van der Waals surface area contributed by atoms with E-state index >= 15 is 0 Å². The molecule has 1 atom stereocenters. The summed E-state index contributed by atoms with van der Waals surface area (Å²) in [5.41, 5.74) is 0. The van der Waals surface area contributed by atoms with E-state index < -0.39 is 14.4 Å². The highest BCUT2D eigenvalue weighted by atomic mass is 28.4. The lowest BCUT2D eigenvalue weighted by molar-refractivity contribution is -0.137. The van der Waals surface area contributed by atoms with Crippen LogP contribution in [0.25, 0.3) is 0 Å². The van der Waals surface area contributed by atoms with E-state index in [0.717, 1.165) is 0 Å². The van der Waals surface area contributed by atoms with Crippen LogP contribution in [0.4, 0.5) is 0 Å². The van der Waals surface area contributed by atoms with Crippen LogP contribution in [0.15, 0.2) is 12.2 Å². The number of hydrogen-bond acceptors (Lipinski definition) is 4. The molecule has 0 heterocycles. The summed E-state index contributed by atoms with van der Waals surface area (Å²) in [5, 5.41) is 9.95. The summed E-state index contributed by atoms with van der Waals surface area (Å²) in [7, 11) is -1.82. The predicted octanol–water partition coefficient (Wildman–Crippen LogP) is 2.88. The Morgan fingerprint density at radius 2 is 1.95 bits per heavy atom. The highest BCUT2D eigenvalue weighted by molar-refractivity contribution is 6.74. The van der Waals surface area contributed by atoms with Crippen LogP contribution in [0.5, 0.6) is 0 Å². The molecule has 19 heavy (non-hydrogen) atoms. The number of carbonyl (C=O) groups is 1. The number of carbonyl (C=O) groups excluding carboxylic acids is 1. The molecule has 0 radical (unpaired) electrons. The molecule has 0 aliphatic carbocycles. The van der Waals surface area contributed by atoms with Crippen molar-refractivity contribution in [1.29, 1.82) is 0 Å². The topological polar surface area (TPSA) is 55.8 Å². The van der Waals surface area contributed by atoms with Crippen LogP contribution in [0.2, 0.25) is 18.1 Å². The van der Waals surface area contributed by atoms with Crippen molar-refractivity contribution in [2.75, 3.05) is 13.2 Å². The second-order valence-electron chi connectivity index (χ2n) is 6.12. The number of aliphatic hydroxyl groups is 1. The summed E-state index contributed by atoms with van der Waals surface area (Å²) in [6.07, 6.45) is 2.78. The van der Waals surface area contributed by atoms with Gasteiger partial charge in [0.2, 0.25) is 0 Å². The maximum atomic E-state index is 11.1. The summed E-state index contributed by atoms with van der Waals surface area (Å²) in [6, 6.07) is 0. The third-order valence-corrected chi connectivity index (χ3v) is 7.89. The SMILES string of the molecule is CCOC(=O)/C=C/C[C@H](O)CO[Si](C)(C)C(C)(C)C. The molecular formula is C14H28O4Si. The summed E-state index contributed by atoms with van der Waals surface area (Å²) in [5.74, 6) is -0.375. The second-order valence-corrected chi connectivity index (χ2v) is 10.9. The Bertz CT molecular complexity index is 305. The van der Waals surface area contributed by atoms with Gasteiger partial charge in [-0.05, 0) is 31.5 Å². The molecule has 0 saturated heterocycles. The van der Waals surface area contributed by atoms with Crippen molar-refractivity contribution in [2.45, 2.75) is 58.4 Å². The van der Waals surface area contributed by atoms with Crippen LogP contribution in [-0.4, -0.2) is 38.7 Å². The van der Waals surface area contributed by atoms with Crippen molar-refractivity contribution < 1.29 is 19.1 Å². The number of rotatable bonds is 7. The van der Waals surface area contributed by atoms with Gasteiger partial charge >= 0.3 is 5.97 Å². The zero-order chi connectivity index (χ0) is 15.1. The quantitative estimate of drug-likeness (QED) is 0.444. The average Bonchev–Trinajstić information content (AvgIpc) is 2.25. The Morgan fingerprint density at radius 1 is 1.37 bits per heavy atom. The number of esters is 1. The van der Waals surface area contributed by atoms with Gasteiger partial charge in [0.15, 0.2) is 8.32 Å². The predicted molar refractivity (Wildman–Crippen MR) is 79.5 cm³/mol. The van der Waals surface area contributed by atoms with Gasteiger partial charge in [0.1, 0.15) is 0 Å². The minimum atomic E-state index is -1.82. The summed E-state index contributed by atoms with van der Waals surface area (Å²) >= 11 is 0. The van der Waals surface area contributed by atoms with E-state index in [4.69, 9.17) is 9.16 Å². The van der Waals surface area contributed by atoms with E-state index in [1.807, 2.05) is 0 Å². The van der Waals surface area contributed by atoms with E-state index in [9.17, 15) is 9.90 Å². The summed E-state index contributed by atoms with van der Waals surface area (Å²) in [4.78, 5) is 11.1. The van der Waals surface area contributed by atoms with Crippen LogP contribution in [0.1, 0.15) is 34.1 Å². The fourth-order valence-electron chi connectivity index (χ4n) is 1.10. The first-order chi connectivity index (χ1) is 8.60. The molecule has 0 spiro atoms. The Hall–Kier alpha value is -0.653. The maximum absolute atomic E-state index is 11.1. The lowest BCUT2D eigenvalue weighted by atomic mass is 10.2. The first-order valence-corrected chi connectivity index (χ1v) is 9.66. The van der Waals surface area contributed by atoms with E-state index in [2.05, 4.69) is 33.9 Å². The Labute approximate surface area is 117 Å². The van der Waals surface area contributed by atoms with Crippen molar-refractivity contribution in [3.8, 4) is 0 Å². The molecule has 0 fully saturated rings. The molecule has 0 aliphatic heterocycles. The van der Waals surface area contributed by atoms with Gasteiger partial charge in [0.05, 0.1) is 19.3 Å². The number of ether oxygens (including phenoxy) is 1. The molecule has 112 valence electrons. The van der Waals surface area contributed by atoms with Crippen molar-refractivity contribution in [2.24, 2.45) is 0 Å². The van der Waals surface area contributed by atoms with Gasteiger partial charge in [-0.3, -0.25) is 0 Å².